The second-order valence-corrected chi connectivity index (χ2v) is 2.48. The first-order chi connectivity index (χ1) is 7.95. The molecule has 0 unspecified atom stereocenters. The van der Waals surface area contributed by atoms with E-state index in [4.69, 9.17) is 5.26 Å². The SMILES string of the molecule is CC.CC.Cc1cc(C(F)(F)F)c(C#N)cn1. The second-order valence-electron chi connectivity index (χ2n) is 2.48. The minimum absolute atomic E-state index is 0.242. The van der Waals surface area contributed by atoms with Gasteiger partial charge >= 0.3 is 6.18 Å². The average Bonchev–Trinajstić information content (AvgIpc) is 2.33. The van der Waals surface area contributed by atoms with Gasteiger partial charge in [0.15, 0.2) is 0 Å². The fraction of sp³-hybridized carbons (Fsp3) is 0.500. The van der Waals surface area contributed by atoms with E-state index in [-0.39, 0.29) is 5.69 Å². The maximum Gasteiger partial charge on any atom is 0.417 e. The minimum atomic E-state index is -4.49. The molecule has 0 aliphatic rings. The molecular formula is C12H17F3N2. The van der Waals surface area contributed by atoms with E-state index in [0.29, 0.717) is 0 Å². The van der Waals surface area contributed by atoms with Gasteiger partial charge in [0.2, 0.25) is 0 Å². The normalized spacial score (nSPS) is 9.12. The zero-order valence-electron chi connectivity index (χ0n) is 10.7. The van der Waals surface area contributed by atoms with Gasteiger partial charge in [-0.3, -0.25) is 4.98 Å². The molecule has 0 aliphatic carbocycles. The first-order valence-corrected chi connectivity index (χ1v) is 5.39. The molecule has 0 aromatic carbocycles. The van der Waals surface area contributed by atoms with Crippen molar-refractivity contribution in [1.82, 2.24) is 4.98 Å². The van der Waals surface area contributed by atoms with Crippen LogP contribution < -0.4 is 0 Å². The van der Waals surface area contributed by atoms with Crippen LogP contribution in [-0.4, -0.2) is 4.98 Å². The largest absolute Gasteiger partial charge is 0.417 e. The van der Waals surface area contributed by atoms with Gasteiger partial charge in [-0.15, -0.1) is 0 Å². The summed E-state index contributed by atoms with van der Waals surface area (Å²) in [7, 11) is 0. The predicted molar refractivity (Wildman–Crippen MR) is 61.4 cm³/mol. The summed E-state index contributed by atoms with van der Waals surface area (Å²) >= 11 is 0. The molecule has 1 aromatic rings. The monoisotopic (exact) mass is 246 g/mol. The first-order valence-electron chi connectivity index (χ1n) is 5.39. The number of hydrogen-bond donors (Lipinski definition) is 0. The zero-order chi connectivity index (χ0) is 14.1. The Bertz CT molecular complexity index is 365. The van der Waals surface area contributed by atoms with Gasteiger partial charge in [0.1, 0.15) is 6.07 Å². The number of aromatic nitrogens is 1. The van der Waals surface area contributed by atoms with Gasteiger partial charge in [-0.05, 0) is 13.0 Å². The van der Waals surface area contributed by atoms with Crippen molar-refractivity contribution < 1.29 is 13.2 Å². The highest BCUT2D eigenvalue weighted by atomic mass is 19.4. The summed E-state index contributed by atoms with van der Waals surface area (Å²) in [5.41, 5.74) is -1.13. The lowest BCUT2D eigenvalue weighted by Gasteiger charge is -2.08. The Morgan fingerprint density at radius 1 is 1.18 bits per heavy atom. The minimum Gasteiger partial charge on any atom is -0.260 e. The van der Waals surface area contributed by atoms with Crippen molar-refractivity contribution in [3.05, 3.63) is 29.1 Å². The van der Waals surface area contributed by atoms with E-state index in [0.717, 1.165) is 12.3 Å². The van der Waals surface area contributed by atoms with E-state index in [1.807, 2.05) is 27.7 Å². The standard InChI is InChI=1S/C8H5F3N2.2C2H6/c1-5-2-7(8(9,10)11)6(3-12)4-13-5;2*1-2/h2,4H,1H3;2*1-2H3. The Balaban J connectivity index is 0. The Hall–Kier alpha value is -1.57. The molecule has 0 saturated carbocycles. The molecule has 0 N–H and O–H groups in total. The third kappa shape index (κ3) is 5.91. The molecule has 2 nitrogen and oxygen atoms in total. The van der Waals surface area contributed by atoms with Crippen LogP contribution in [0, 0.1) is 18.3 Å². The third-order valence-electron chi connectivity index (χ3n) is 1.47. The Morgan fingerprint density at radius 2 is 1.65 bits per heavy atom. The van der Waals surface area contributed by atoms with Gasteiger partial charge in [-0.25, -0.2) is 0 Å². The Labute approximate surface area is 100 Å². The second kappa shape index (κ2) is 8.57. The lowest BCUT2D eigenvalue weighted by molar-refractivity contribution is -0.137. The Morgan fingerprint density at radius 3 is 2.00 bits per heavy atom. The lowest BCUT2D eigenvalue weighted by atomic mass is 10.1. The lowest BCUT2D eigenvalue weighted by Crippen LogP contribution is -2.08. The van der Waals surface area contributed by atoms with Crippen molar-refractivity contribution in [2.24, 2.45) is 0 Å². The molecule has 0 fully saturated rings. The molecule has 96 valence electrons. The van der Waals surface area contributed by atoms with Crippen LogP contribution in [0.5, 0.6) is 0 Å². The quantitative estimate of drug-likeness (QED) is 0.683. The maximum atomic E-state index is 12.2. The summed E-state index contributed by atoms with van der Waals surface area (Å²) in [5, 5.41) is 8.38. The van der Waals surface area contributed by atoms with Gasteiger partial charge in [-0.1, -0.05) is 27.7 Å². The number of hydrogen-bond acceptors (Lipinski definition) is 2. The molecule has 1 aromatic heterocycles. The van der Waals surface area contributed by atoms with Crippen LogP contribution in [0.15, 0.2) is 12.3 Å². The number of nitrogens with zero attached hydrogens (tertiary/aromatic N) is 2. The van der Waals surface area contributed by atoms with Crippen LogP contribution in [0.2, 0.25) is 0 Å². The molecule has 0 spiro atoms. The van der Waals surface area contributed by atoms with Crippen molar-refractivity contribution in [3.8, 4) is 6.07 Å². The number of aryl methyl sites for hydroxylation is 1. The van der Waals surface area contributed by atoms with Crippen molar-refractivity contribution in [1.29, 1.82) is 5.26 Å². The van der Waals surface area contributed by atoms with E-state index in [1.54, 1.807) is 0 Å². The Kier molecular flexibility index (Phi) is 8.98. The van der Waals surface area contributed by atoms with Crippen molar-refractivity contribution in [3.63, 3.8) is 0 Å². The van der Waals surface area contributed by atoms with Gasteiger partial charge in [0.05, 0.1) is 11.1 Å². The van der Waals surface area contributed by atoms with E-state index in [1.165, 1.54) is 13.0 Å². The van der Waals surface area contributed by atoms with Gasteiger partial charge in [-0.2, -0.15) is 18.4 Å². The zero-order valence-corrected chi connectivity index (χ0v) is 10.7. The van der Waals surface area contributed by atoms with Crippen molar-refractivity contribution in [2.75, 3.05) is 0 Å². The van der Waals surface area contributed by atoms with Crippen LogP contribution in [0.1, 0.15) is 44.5 Å². The number of nitriles is 1. The first kappa shape index (κ1) is 17.8. The highest BCUT2D eigenvalue weighted by molar-refractivity contribution is 5.38. The molecule has 0 radical (unpaired) electrons. The fourth-order valence-corrected chi connectivity index (χ4v) is 0.883. The molecule has 1 rings (SSSR count). The number of alkyl halides is 3. The molecule has 1 heterocycles. The number of pyridine rings is 1. The number of halogens is 3. The van der Waals surface area contributed by atoms with Crippen LogP contribution in [0.25, 0.3) is 0 Å². The summed E-state index contributed by atoms with van der Waals surface area (Å²) < 4.78 is 36.7. The molecule has 0 atom stereocenters. The van der Waals surface area contributed by atoms with Gasteiger partial charge in [0, 0.05) is 11.9 Å². The number of rotatable bonds is 0. The molecule has 0 saturated heterocycles. The fourth-order valence-electron chi connectivity index (χ4n) is 0.883. The van der Waals surface area contributed by atoms with Crippen LogP contribution in [0.3, 0.4) is 0 Å². The highest BCUT2D eigenvalue weighted by Gasteiger charge is 2.33. The molecule has 0 amide bonds. The van der Waals surface area contributed by atoms with Crippen molar-refractivity contribution >= 4 is 0 Å². The third-order valence-corrected chi connectivity index (χ3v) is 1.47. The molecule has 0 aliphatic heterocycles. The van der Waals surface area contributed by atoms with Crippen LogP contribution in [-0.2, 0) is 6.18 Å². The summed E-state index contributed by atoms with van der Waals surface area (Å²) in [6.07, 6.45) is -3.56. The van der Waals surface area contributed by atoms with Gasteiger partial charge in [0.25, 0.3) is 0 Å². The highest BCUT2D eigenvalue weighted by Crippen LogP contribution is 2.31. The van der Waals surface area contributed by atoms with E-state index in [2.05, 4.69) is 4.98 Å². The van der Waals surface area contributed by atoms with Crippen LogP contribution >= 0.6 is 0 Å². The average molecular weight is 246 g/mol. The van der Waals surface area contributed by atoms with Crippen molar-refractivity contribution in [2.45, 2.75) is 40.8 Å². The summed E-state index contributed by atoms with van der Waals surface area (Å²) in [4.78, 5) is 3.60. The summed E-state index contributed by atoms with van der Waals surface area (Å²) in [5.74, 6) is 0. The van der Waals surface area contributed by atoms with Crippen LogP contribution in [0.4, 0.5) is 13.2 Å². The molecule has 5 heteroatoms. The summed E-state index contributed by atoms with van der Waals surface area (Å²) in [6.45, 7) is 9.44. The van der Waals surface area contributed by atoms with E-state index < -0.39 is 17.3 Å². The van der Waals surface area contributed by atoms with E-state index in [9.17, 15) is 13.2 Å². The summed E-state index contributed by atoms with van der Waals surface area (Å²) in [6, 6.07) is 2.31. The van der Waals surface area contributed by atoms with Gasteiger partial charge < -0.3 is 0 Å². The predicted octanol–water partition coefficient (Wildman–Crippen LogP) is 4.33. The topological polar surface area (TPSA) is 36.7 Å². The smallest absolute Gasteiger partial charge is 0.260 e. The van der Waals surface area contributed by atoms with E-state index >= 15 is 0 Å². The molecule has 17 heavy (non-hydrogen) atoms. The molecule has 0 bridgehead atoms. The maximum absolute atomic E-state index is 12.2. The molecular weight excluding hydrogens is 229 g/mol.